The average Bonchev–Trinajstić information content (AvgIpc) is 2.82. The van der Waals surface area contributed by atoms with E-state index in [0.717, 1.165) is 32.4 Å². The van der Waals surface area contributed by atoms with Crippen molar-refractivity contribution in [2.75, 3.05) is 13.1 Å². The molecule has 1 aliphatic heterocycles. The topological polar surface area (TPSA) is 49.3 Å². The van der Waals surface area contributed by atoms with Crippen molar-refractivity contribution in [1.29, 1.82) is 0 Å². The predicted molar refractivity (Wildman–Crippen MR) is 49.4 cm³/mol. The van der Waals surface area contributed by atoms with Crippen LogP contribution >= 0.6 is 0 Å². The summed E-state index contributed by atoms with van der Waals surface area (Å²) in [5.41, 5.74) is 0.119. The van der Waals surface area contributed by atoms with Crippen LogP contribution in [0.4, 0.5) is 0 Å². The average molecular weight is 183 g/mol. The highest BCUT2D eigenvalue weighted by Gasteiger charge is 2.58. The van der Waals surface area contributed by atoms with Gasteiger partial charge in [0.15, 0.2) is 0 Å². The molecule has 0 radical (unpaired) electrons. The molecular formula is C10H17NO2. The molecule has 0 aromatic carbocycles. The molecule has 0 aromatic heterocycles. The maximum Gasteiger partial charge on any atom is 0.307 e. The first-order valence-corrected chi connectivity index (χ1v) is 5.08. The number of carbonyl (C=O) groups is 1. The molecule has 0 spiro atoms. The zero-order valence-electron chi connectivity index (χ0n) is 8.05. The molecule has 74 valence electrons. The largest absolute Gasteiger partial charge is 0.481 e. The van der Waals surface area contributed by atoms with E-state index in [1.165, 1.54) is 0 Å². The normalized spacial score (nSPS) is 40.2. The van der Waals surface area contributed by atoms with E-state index in [1.54, 1.807) is 0 Å². The van der Waals surface area contributed by atoms with Crippen molar-refractivity contribution in [3.8, 4) is 0 Å². The van der Waals surface area contributed by atoms with Gasteiger partial charge in [-0.1, -0.05) is 6.92 Å². The highest BCUT2D eigenvalue weighted by atomic mass is 16.4. The van der Waals surface area contributed by atoms with Gasteiger partial charge in [0.25, 0.3) is 0 Å². The van der Waals surface area contributed by atoms with Gasteiger partial charge in [-0.3, -0.25) is 4.79 Å². The molecule has 1 heterocycles. The molecule has 0 aromatic rings. The monoisotopic (exact) mass is 183 g/mol. The van der Waals surface area contributed by atoms with Gasteiger partial charge in [0, 0.05) is 0 Å². The van der Waals surface area contributed by atoms with E-state index in [9.17, 15) is 4.79 Å². The number of carboxylic acid groups (broad SMARTS) is 1. The van der Waals surface area contributed by atoms with Gasteiger partial charge in [-0.05, 0) is 43.7 Å². The second-order valence-corrected chi connectivity index (χ2v) is 4.63. The van der Waals surface area contributed by atoms with Crippen molar-refractivity contribution >= 4 is 5.97 Å². The van der Waals surface area contributed by atoms with Crippen LogP contribution in [0.5, 0.6) is 0 Å². The van der Waals surface area contributed by atoms with Crippen molar-refractivity contribution in [3.63, 3.8) is 0 Å². The Morgan fingerprint density at radius 1 is 1.46 bits per heavy atom. The van der Waals surface area contributed by atoms with Crippen LogP contribution in [0.1, 0.15) is 26.2 Å². The predicted octanol–water partition coefficient (Wildman–Crippen LogP) is 1.10. The molecule has 3 heteroatoms. The molecular weight excluding hydrogens is 166 g/mol. The second kappa shape index (κ2) is 2.98. The first-order valence-electron chi connectivity index (χ1n) is 5.08. The summed E-state index contributed by atoms with van der Waals surface area (Å²) in [6.45, 7) is 4.26. The van der Waals surface area contributed by atoms with Crippen LogP contribution in [-0.4, -0.2) is 24.2 Å². The molecule has 2 unspecified atom stereocenters. The SMILES string of the molecule is CC1(C2CCNCC2)CC1C(=O)O. The van der Waals surface area contributed by atoms with E-state index in [1.807, 2.05) is 0 Å². The van der Waals surface area contributed by atoms with Crippen molar-refractivity contribution in [2.45, 2.75) is 26.2 Å². The van der Waals surface area contributed by atoms with E-state index in [-0.39, 0.29) is 11.3 Å². The first kappa shape index (κ1) is 9.00. The Morgan fingerprint density at radius 3 is 2.54 bits per heavy atom. The Morgan fingerprint density at radius 2 is 2.08 bits per heavy atom. The molecule has 1 saturated heterocycles. The summed E-state index contributed by atoms with van der Waals surface area (Å²) in [6.07, 6.45) is 3.20. The molecule has 3 nitrogen and oxygen atoms in total. The maximum absolute atomic E-state index is 10.8. The van der Waals surface area contributed by atoms with Crippen LogP contribution in [0.3, 0.4) is 0 Å². The van der Waals surface area contributed by atoms with Crippen LogP contribution in [-0.2, 0) is 4.79 Å². The van der Waals surface area contributed by atoms with Gasteiger partial charge in [-0.25, -0.2) is 0 Å². The van der Waals surface area contributed by atoms with Crippen LogP contribution < -0.4 is 5.32 Å². The Bertz CT molecular complexity index is 223. The lowest BCUT2D eigenvalue weighted by molar-refractivity contribution is -0.139. The van der Waals surface area contributed by atoms with E-state index in [4.69, 9.17) is 5.11 Å². The molecule has 13 heavy (non-hydrogen) atoms. The van der Waals surface area contributed by atoms with Crippen LogP contribution in [0, 0.1) is 17.3 Å². The number of hydrogen-bond donors (Lipinski definition) is 2. The fraction of sp³-hybridized carbons (Fsp3) is 0.900. The van der Waals surface area contributed by atoms with Crippen LogP contribution in [0.25, 0.3) is 0 Å². The van der Waals surface area contributed by atoms with Crippen molar-refractivity contribution < 1.29 is 9.90 Å². The van der Waals surface area contributed by atoms with Gasteiger partial charge in [0.2, 0.25) is 0 Å². The van der Waals surface area contributed by atoms with Gasteiger partial charge < -0.3 is 10.4 Å². The highest BCUT2D eigenvalue weighted by molar-refractivity contribution is 5.74. The molecule has 2 atom stereocenters. The first-order chi connectivity index (χ1) is 6.14. The maximum atomic E-state index is 10.8. The van der Waals surface area contributed by atoms with Crippen molar-refractivity contribution in [3.05, 3.63) is 0 Å². The third-order valence-corrected chi connectivity index (χ3v) is 3.85. The summed E-state index contributed by atoms with van der Waals surface area (Å²) in [7, 11) is 0. The molecule has 0 amide bonds. The van der Waals surface area contributed by atoms with Gasteiger partial charge >= 0.3 is 5.97 Å². The minimum Gasteiger partial charge on any atom is -0.481 e. The smallest absolute Gasteiger partial charge is 0.307 e. The summed E-state index contributed by atoms with van der Waals surface area (Å²) in [6, 6.07) is 0. The van der Waals surface area contributed by atoms with Crippen LogP contribution in [0.2, 0.25) is 0 Å². The number of aliphatic carboxylic acids is 1. The minimum atomic E-state index is -0.596. The van der Waals surface area contributed by atoms with Crippen molar-refractivity contribution in [1.82, 2.24) is 5.32 Å². The number of rotatable bonds is 2. The summed E-state index contributed by atoms with van der Waals surface area (Å²) >= 11 is 0. The zero-order valence-corrected chi connectivity index (χ0v) is 8.05. The summed E-state index contributed by atoms with van der Waals surface area (Å²) in [5, 5.41) is 12.2. The molecule has 1 saturated carbocycles. The van der Waals surface area contributed by atoms with Crippen LogP contribution in [0.15, 0.2) is 0 Å². The lowest BCUT2D eigenvalue weighted by Crippen LogP contribution is -2.32. The van der Waals surface area contributed by atoms with E-state index < -0.39 is 5.97 Å². The van der Waals surface area contributed by atoms with E-state index in [0.29, 0.717) is 5.92 Å². The number of piperidine rings is 1. The molecule has 2 rings (SSSR count). The summed E-state index contributed by atoms with van der Waals surface area (Å²) in [5.74, 6) is -0.0218. The molecule has 1 aliphatic carbocycles. The minimum absolute atomic E-state index is 0.0596. The number of hydrogen-bond acceptors (Lipinski definition) is 2. The third-order valence-electron chi connectivity index (χ3n) is 3.85. The Labute approximate surface area is 78.5 Å². The van der Waals surface area contributed by atoms with E-state index >= 15 is 0 Å². The molecule has 2 aliphatic rings. The third kappa shape index (κ3) is 1.46. The highest BCUT2D eigenvalue weighted by Crippen LogP contribution is 2.59. The Kier molecular flexibility index (Phi) is 2.06. The van der Waals surface area contributed by atoms with Crippen molar-refractivity contribution in [2.24, 2.45) is 17.3 Å². The summed E-state index contributed by atoms with van der Waals surface area (Å²) in [4.78, 5) is 10.8. The molecule has 2 fully saturated rings. The Hall–Kier alpha value is -0.570. The van der Waals surface area contributed by atoms with Gasteiger partial charge in [-0.15, -0.1) is 0 Å². The fourth-order valence-corrected chi connectivity index (χ4v) is 2.68. The zero-order chi connectivity index (χ0) is 9.47. The van der Waals surface area contributed by atoms with Gasteiger partial charge in [-0.2, -0.15) is 0 Å². The fourth-order valence-electron chi connectivity index (χ4n) is 2.68. The number of nitrogens with one attached hydrogen (secondary N) is 1. The second-order valence-electron chi connectivity index (χ2n) is 4.63. The lowest BCUT2D eigenvalue weighted by atomic mass is 9.82. The summed E-state index contributed by atoms with van der Waals surface area (Å²) < 4.78 is 0. The lowest BCUT2D eigenvalue weighted by Gasteiger charge is -2.28. The molecule has 2 N–H and O–H groups in total. The standard InChI is InChI=1S/C10H17NO2/c1-10(6-8(10)9(12)13)7-2-4-11-5-3-7/h7-8,11H,2-6H2,1H3,(H,12,13). The van der Waals surface area contributed by atoms with E-state index in [2.05, 4.69) is 12.2 Å². The van der Waals surface area contributed by atoms with Gasteiger partial charge in [0.1, 0.15) is 0 Å². The Balaban J connectivity index is 1.97. The number of carboxylic acids is 1. The quantitative estimate of drug-likeness (QED) is 0.674. The van der Waals surface area contributed by atoms with Gasteiger partial charge in [0.05, 0.1) is 5.92 Å². The molecule has 0 bridgehead atoms.